The zero-order valence-corrected chi connectivity index (χ0v) is 11.5. The van der Waals surface area contributed by atoms with Crippen molar-refractivity contribution in [2.75, 3.05) is 18.4 Å². The maximum Gasteiger partial charge on any atom is 0.237 e. The molecule has 1 atom stereocenters. The molecule has 1 aromatic rings. The summed E-state index contributed by atoms with van der Waals surface area (Å²) in [6.07, 6.45) is 0.0503. The average molecular weight is 302 g/mol. The minimum Gasteiger partial charge on any atom is -0.353 e. The fraction of sp³-hybridized carbons (Fsp3) is 0.333. The van der Waals surface area contributed by atoms with E-state index in [4.69, 9.17) is 23.2 Å². The first-order chi connectivity index (χ1) is 9.06. The van der Waals surface area contributed by atoms with Crippen LogP contribution in [0.1, 0.15) is 6.42 Å². The largest absolute Gasteiger partial charge is 0.353 e. The van der Waals surface area contributed by atoms with E-state index in [1.165, 1.54) is 0 Å². The van der Waals surface area contributed by atoms with Gasteiger partial charge in [-0.3, -0.25) is 9.59 Å². The first kappa shape index (κ1) is 14.1. The lowest BCUT2D eigenvalue weighted by atomic mass is 10.1. The SMILES string of the molecule is O=C(C[C@H]1NCCNC1=O)Nc1cc(Cl)ccc1Cl. The van der Waals surface area contributed by atoms with Crippen LogP contribution in [0.25, 0.3) is 0 Å². The molecule has 0 spiro atoms. The molecular formula is C12H13Cl2N3O2. The van der Waals surface area contributed by atoms with Crippen LogP contribution in [0.4, 0.5) is 5.69 Å². The van der Waals surface area contributed by atoms with Gasteiger partial charge in [-0.05, 0) is 18.2 Å². The molecule has 2 rings (SSSR count). The van der Waals surface area contributed by atoms with Crippen LogP contribution in [-0.2, 0) is 9.59 Å². The van der Waals surface area contributed by atoms with E-state index < -0.39 is 6.04 Å². The maximum atomic E-state index is 11.9. The number of hydrogen-bond donors (Lipinski definition) is 3. The molecule has 0 radical (unpaired) electrons. The van der Waals surface area contributed by atoms with E-state index in [1.807, 2.05) is 0 Å². The van der Waals surface area contributed by atoms with Gasteiger partial charge in [0.15, 0.2) is 0 Å². The molecule has 2 amide bonds. The third-order valence-corrected chi connectivity index (χ3v) is 3.29. The average Bonchev–Trinajstić information content (AvgIpc) is 2.37. The molecule has 1 fully saturated rings. The van der Waals surface area contributed by atoms with Crippen LogP contribution in [0.5, 0.6) is 0 Å². The van der Waals surface area contributed by atoms with E-state index >= 15 is 0 Å². The first-order valence-electron chi connectivity index (χ1n) is 5.82. The van der Waals surface area contributed by atoms with E-state index in [1.54, 1.807) is 18.2 Å². The first-order valence-corrected chi connectivity index (χ1v) is 6.58. The lowest BCUT2D eigenvalue weighted by Crippen LogP contribution is -2.53. The smallest absolute Gasteiger partial charge is 0.237 e. The number of hydrogen-bond acceptors (Lipinski definition) is 3. The van der Waals surface area contributed by atoms with Crippen LogP contribution in [0.3, 0.4) is 0 Å². The minimum atomic E-state index is -0.508. The number of nitrogens with one attached hydrogen (secondary N) is 3. The molecule has 102 valence electrons. The van der Waals surface area contributed by atoms with E-state index in [2.05, 4.69) is 16.0 Å². The van der Waals surface area contributed by atoms with Crippen LogP contribution in [0.2, 0.25) is 10.0 Å². The van der Waals surface area contributed by atoms with E-state index in [-0.39, 0.29) is 18.2 Å². The molecule has 1 heterocycles. The molecule has 0 unspecified atom stereocenters. The number of carbonyl (C=O) groups is 2. The summed E-state index contributed by atoms with van der Waals surface area (Å²) in [4.78, 5) is 23.4. The highest BCUT2D eigenvalue weighted by molar-refractivity contribution is 6.35. The number of anilines is 1. The molecule has 19 heavy (non-hydrogen) atoms. The van der Waals surface area contributed by atoms with Gasteiger partial charge < -0.3 is 16.0 Å². The topological polar surface area (TPSA) is 70.2 Å². The van der Waals surface area contributed by atoms with E-state index in [9.17, 15) is 9.59 Å². The number of rotatable bonds is 3. The predicted molar refractivity (Wildman–Crippen MR) is 74.5 cm³/mol. The molecule has 1 aromatic carbocycles. The number of piperazine rings is 1. The van der Waals surface area contributed by atoms with Crippen molar-refractivity contribution in [2.45, 2.75) is 12.5 Å². The van der Waals surface area contributed by atoms with Gasteiger partial charge in [-0.1, -0.05) is 23.2 Å². The van der Waals surface area contributed by atoms with Crippen molar-refractivity contribution in [1.29, 1.82) is 0 Å². The highest BCUT2D eigenvalue weighted by Gasteiger charge is 2.24. The van der Waals surface area contributed by atoms with E-state index in [0.717, 1.165) is 0 Å². The zero-order valence-electron chi connectivity index (χ0n) is 10.0. The molecule has 0 aliphatic carbocycles. The molecule has 0 saturated carbocycles. The Hall–Kier alpha value is -1.30. The van der Waals surface area contributed by atoms with Crippen molar-refractivity contribution in [2.24, 2.45) is 0 Å². The van der Waals surface area contributed by atoms with Crippen molar-refractivity contribution in [3.8, 4) is 0 Å². The number of carbonyl (C=O) groups excluding carboxylic acids is 2. The highest BCUT2D eigenvalue weighted by atomic mass is 35.5. The van der Waals surface area contributed by atoms with Crippen molar-refractivity contribution >= 4 is 40.7 Å². The molecule has 3 N–H and O–H groups in total. The fourth-order valence-corrected chi connectivity index (χ4v) is 2.13. The van der Waals surface area contributed by atoms with Crippen LogP contribution in [-0.4, -0.2) is 30.9 Å². The van der Waals surface area contributed by atoms with Gasteiger partial charge in [0, 0.05) is 18.1 Å². The standard InChI is InChI=1S/C12H13Cl2N3O2/c13-7-1-2-8(14)9(5-7)17-11(18)6-10-12(19)16-4-3-15-10/h1-2,5,10,15H,3-4,6H2,(H,16,19)(H,17,18)/t10-/m1/s1. The normalized spacial score (nSPS) is 18.8. The Kier molecular flexibility index (Phi) is 4.63. The van der Waals surface area contributed by atoms with Gasteiger partial charge in [0.25, 0.3) is 0 Å². The van der Waals surface area contributed by atoms with Gasteiger partial charge in [0.2, 0.25) is 11.8 Å². The monoisotopic (exact) mass is 301 g/mol. The second kappa shape index (κ2) is 6.23. The second-order valence-electron chi connectivity index (χ2n) is 4.17. The molecule has 0 bridgehead atoms. The van der Waals surface area contributed by atoms with Gasteiger partial charge >= 0.3 is 0 Å². The molecule has 1 saturated heterocycles. The molecule has 7 heteroatoms. The molecule has 5 nitrogen and oxygen atoms in total. The summed E-state index contributed by atoms with van der Waals surface area (Å²) in [6, 6.07) is 4.29. The number of amides is 2. The summed E-state index contributed by atoms with van der Waals surface area (Å²) < 4.78 is 0. The highest BCUT2D eigenvalue weighted by Crippen LogP contribution is 2.25. The summed E-state index contributed by atoms with van der Waals surface area (Å²) in [5, 5.41) is 9.20. The second-order valence-corrected chi connectivity index (χ2v) is 5.02. The fourth-order valence-electron chi connectivity index (χ4n) is 1.79. The van der Waals surface area contributed by atoms with Crippen molar-refractivity contribution in [3.63, 3.8) is 0 Å². The number of benzene rings is 1. The zero-order chi connectivity index (χ0) is 13.8. The van der Waals surface area contributed by atoms with Crippen LogP contribution in [0, 0.1) is 0 Å². The predicted octanol–water partition coefficient (Wildman–Crippen LogP) is 1.41. The third-order valence-electron chi connectivity index (χ3n) is 2.72. The van der Waals surface area contributed by atoms with Crippen LogP contribution < -0.4 is 16.0 Å². The number of halogens is 2. The molecule has 0 aromatic heterocycles. The van der Waals surface area contributed by atoms with Crippen LogP contribution >= 0.6 is 23.2 Å². The maximum absolute atomic E-state index is 11.9. The van der Waals surface area contributed by atoms with Crippen molar-refractivity contribution < 1.29 is 9.59 Å². The Morgan fingerprint density at radius 2 is 2.16 bits per heavy atom. The summed E-state index contributed by atoms with van der Waals surface area (Å²) in [6.45, 7) is 1.23. The molecule has 1 aliphatic heterocycles. The summed E-state index contributed by atoms with van der Waals surface area (Å²) in [5.74, 6) is -0.461. The van der Waals surface area contributed by atoms with Gasteiger partial charge in [-0.2, -0.15) is 0 Å². The Morgan fingerprint density at radius 1 is 1.37 bits per heavy atom. The molecule has 1 aliphatic rings. The lowest BCUT2D eigenvalue weighted by Gasteiger charge is -2.23. The Morgan fingerprint density at radius 3 is 2.89 bits per heavy atom. The molecular weight excluding hydrogens is 289 g/mol. The Bertz CT molecular complexity index is 508. The summed E-state index contributed by atoms with van der Waals surface area (Å²) in [5.41, 5.74) is 0.440. The lowest BCUT2D eigenvalue weighted by molar-refractivity contribution is -0.127. The van der Waals surface area contributed by atoms with Crippen LogP contribution in [0.15, 0.2) is 18.2 Å². The van der Waals surface area contributed by atoms with Gasteiger partial charge in [-0.25, -0.2) is 0 Å². The van der Waals surface area contributed by atoms with Gasteiger partial charge in [0.05, 0.1) is 23.2 Å². The van der Waals surface area contributed by atoms with Gasteiger partial charge in [-0.15, -0.1) is 0 Å². The van der Waals surface area contributed by atoms with Crippen molar-refractivity contribution in [3.05, 3.63) is 28.2 Å². The summed E-state index contributed by atoms with van der Waals surface area (Å²) in [7, 11) is 0. The van der Waals surface area contributed by atoms with E-state index in [0.29, 0.717) is 28.8 Å². The minimum absolute atomic E-state index is 0.0503. The Labute approximate surface area is 120 Å². The quantitative estimate of drug-likeness (QED) is 0.790. The third kappa shape index (κ3) is 3.83. The summed E-state index contributed by atoms with van der Waals surface area (Å²) >= 11 is 11.8. The Balaban J connectivity index is 1.97. The van der Waals surface area contributed by atoms with Crippen molar-refractivity contribution in [1.82, 2.24) is 10.6 Å². The van der Waals surface area contributed by atoms with Gasteiger partial charge in [0.1, 0.15) is 0 Å².